The molecule has 3 nitrogen and oxygen atoms in total. The van der Waals surface area contributed by atoms with Crippen molar-refractivity contribution in [2.75, 3.05) is 13.2 Å². The Hall–Kier alpha value is -2.00. The number of hydrogen-bond acceptors (Lipinski definition) is 3. The minimum absolute atomic E-state index is 0.229. The molecule has 0 heterocycles. The number of phenolic OH excluding ortho intramolecular Hbond substituents is 2. The summed E-state index contributed by atoms with van der Waals surface area (Å²) in [4.78, 5) is 0. The van der Waals surface area contributed by atoms with E-state index in [-0.39, 0.29) is 16.9 Å². The molecule has 0 atom stereocenters. The van der Waals surface area contributed by atoms with Crippen LogP contribution in [0.5, 0.6) is 11.5 Å². The highest BCUT2D eigenvalue weighted by molar-refractivity contribution is 5.42. The standard InChI is InChI=1S/C20H26O3/c1-3-4-14-23-15-13-20(2,16-5-9-18(21)10-6-16)17-7-11-19(22)12-8-17/h5-12,21-22H,3-4,13-15H2,1-2H3. The average Bonchev–Trinajstić information content (AvgIpc) is 2.55. The van der Waals surface area contributed by atoms with Crippen molar-refractivity contribution in [1.82, 2.24) is 0 Å². The summed E-state index contributed by atoms with van der Waals surface area (Å²) >= 11 is 0. The van der Waals surface area contributed by atoms with E-state index < -0.39 is 0 Å². The molecule has 0 amide bonds. The normalized spacial score (nSPS) is 11.6. The van der Waals surface area contributed by atoms with Gasteiger partial charge in [-0.05, 0) is 48.2 Å². The van der Waals surface area contributed by atoms with Gasteiger partial charge in [-0.2, -0.15) is 0 Å². The second-order valence-electron chi connectivity index (χ2n) is 6.14. The number of unbranched alkanes of at least 4 members (excludes halogenated alkanes) is 1. The van der Waals surface area contributed by atoms with Crippen LogP contribution < -0.4 is 0 Å². The molecule has 23 heavy (non-hydrogen) atoms. The fraction of sp³-hybridized carbons (Fsp3) is 0.400. The predicted molar refractivity (Wildman–Crippen MR) is 93.0 cm³/mol. The van der Waals surface area contributed by atoms with Crippen LogP contribution >= 0.6 is 0 Å². The van der Waals surface area contributed by atoms with Gasteiger partial charge in [0.25, 0.3) is 0 Å². The molecule has 0 aromatic heterocycles. The summed E-state index contributed by atoms with van der Waals surface area (Å²) in [6.45, 7) is 5.80. The van der Waals surface area contributed by atoms with Gasteiger partial charge in [0.1, 0.15) is 11.5 Å². The van der Waals surface area contributed by atoms with Crippen LogP contribution in [0, 0.1) is 0 Å². The quantitative estimate of drug-likeness (QED) is 0.700. The van der Waals surface area contributed by atoms with Crippen LogP contribution in [0.15, 0.2) is 48.5 Å². The van der Waals surface area contributed by atoms with E-state index in [1.165, 1.54) is 0 Å². The Bertz CT molecular complexity index is 542. The van der Waals surface area contributed by atoms with E-state index >= 15 is 0 Å². The number of ether oxygens (including phenoxy) is 1. The van der Waals surface area contributed by atoms with Crippen LogP contribution in [0.4, 0.5) is 0 Å². The molecule has 124 valence electrons. The molecule has 0 saturated heterocycles. The zero-order chi connectivity index (χ0) is 16.7. The maximum atomic E-state index is 9.54. The van der Waals surface area contributed by atoms with E-state index in [0.717, 1.165) is 37.0 Å². The van der Waals surface area contributed by atoms with Crippen molar-refractivity contribution >= 4 is 0 Å². The Labute approximate surface area is 138 Å². The van der Waals surface area contributed by atoms with Gasteiger partial charge < -0.3 is 14.9 Å². The van der Waals surface area contributed by atoms with Crippen molar-refractivity contribution in [2.24, 2.45) is 0 Å². The third-order valence-corrected chi connectivity index (χ3v) is 4.40. The summed E-state index contributed by atoms with van der Waals surface area (Å²) < 4.78 is 5.76. The van der Waals surface area contributed by atoms with E-state index in [0.29, 0.717) is 6.61 Å². The number of benzene rings is 2. The highest BCUT2D eigenvalue weighted by Gasteiger charge is 2.28. The SMILES string of the molecule is CCCCOCCC(C)(c1ccc(O)cc1)c1ccc(O)cc1. The Balaban J connectivity index is 2.22. The molecule has 3 heteroatoms. The summed E-state index contributed by atoms with van der Waals surface area (Å²) in [7, 11) is 0. The van der Waals surface area contributed by atoms with Gasteiger partial charge in [0.2, 0.25) is 0 Å². The lowest BCUT2D eigenvalue weighted by Gasteiger charge is -2.31. The van der Waals surface area contributed by atoms with Gasteiger partial charge in [-0.3, -0.25) is 0 Å². The first-order valence-corrected chi connectivity index (χ1v) is 8.23. The van der Waals surface area contributed by atoms with Gasteiger partial charge in [-0.25, -0.2) is 0 Å². The third kappa shape index (κ3) is 4.49. The van der Waals surface area contributed by atoms with E-state index in [9.17, 15) is 10.2 Å². The zero-order valence-electron chi connectivity index (χ0n) is 14.0. The summed E-state index contributed by atoms with van der Waals surface area (Å²) in [5.74, 6) is 0.530. The van der Waals surface area contributed by atoms with E-state index in [1.807, 2.05) is 24.3 Å². The first-order chi connectivity index (χ1) is 11.1. The fourth-order valence-corrected chi connectivity index (χ4v) is 2.74. The molecule has 2 N–H and O–H groups in total. The Morgan fingerprint density at radius 2 is 1.30 bits per heavy atom. The molecule has 2 aromatic rings. The van der Waals surface area contributed by atoms with Gasteiger partial charge in [-0.15, -0.1) is 0 Å². The molecular weight excluding hydrogens is 288 g/mol. The van der Waals surface area contributed by atoms with Crippen LogP contribution in [-0.2, 0) is 10.2 Å². The van der Waals surface area contributed by atoms with Crippen molar-refractivity contribution in [3.63, 3.8) is 0 Å². The highest BCUT2D eigenvalue weighted by atomic mass is 16.5. The second kappa shape index (κ2) is 8.02. The number of phenols is 2. The van der Waals surface area contributed by atoms with Gasteiger partial charge >= 0.3 is 0 Å². The summed E-state index contributed by atoms with van der Waals surface area (Å²) in [5.41, 5.74) is 2.02. The first-order valence-electron chi connectivity index (χ1n) is 8.23. The monoisotopic (exact) mass is 314 g/mol. The second-order valence-corrected chi connectivity index (χ2v) is 6.14. The fourth-order valence-electron chi connectivity index (χ4n) is 2.74. The Kier molecular flexibility index (Phi) is 6.05. The van der Waals surface area contributed by atoms with Gasteiger partial charge in [-0.1, -0.05) is 44.5 Å². The van der Waals surface area contributed by atoms with Crippen molar-refractivity contribution in [2.45, 2.75) is 38.5 Å². The van der Waals surface area contributed by atoms with Crippen LogP contribution in [0.3, 0.4) is 0 Å². The third-order valence-electron chi connectivity index (χ3n) is 4.40. The first kappa shape index (κ1) is 17.4. The summed E-state index contributed by atoms with van der Waals surface area (Å²) in [6.07, 6.45) is 3.05. The Morgan fingerprint density at radius 3 is 1.74 bits per heavy atom. The van der Waals surface area contributed by atoms with Crippen molar-refractivity contribution in [3.05, 3.63) is 59.7 Å². The zero-order valence-corrected chi connectivity index (χ0v) is 14.0. The molecule has 0 aliphatic heterocycles. The van der Waals surface area contributed by atoms with Gasteiger partial charge in [0, 0.05) is 18.6 Å². The molecule has 0 aliphatic rings. The largest absolute Gasteiger partial charge is 0.508 e. The summed E-state index contributed by atoms with van der Waals surface area (Å²) in [5, 5.41) is 19.1. The molecule has 0 radical (unpaired) electrons. The van der Waals surface area contributed by atoms with Crippen LogP contribution in [0.2, 0.25) is 0 Å². The van der Waals surface area contributed by atoms with Gasteiger partial charge in [0.05, 0.1) is 0 Å². The van der Waals surface area contributed by atoms with Crippen LogP contribution in [0.1, 0.15) is 44.2 Å². The maximum Gasteiger partial charge on any atom is 0.115 e. The molecule has 0 spiro atoms. The minimum Gasteiger partial charge on any atom is -0.508 e. The topological polar surface area (TPSA) is 49.7 Å². The molecule has 0 fully saturated rings. The number of aromatic hydroxyl groups is 2. The number of hydrogen-bond donors (Lipinski definition) is 2. The highest BCUT2D eigenvalue weighted by Crippen LogP contribution is 2.36. The van der Waals surface area contributed by atoms with E-state index in [2.05, 4.69) is 13.8 Å². The lowest BCUT2D eigenvalue weighted by molar-refractivity contribution is 0.118. The van der Waals surface area contributed by atoms with Crippen LogP contribution in [-0.4, -0.2) is 23.4 Å². The van der Waals surface area contributed by atoms with Crippen LogP contribution in [0.25, 0.3) is 0 Å². The van der Waals surface area contributed by atoms with E-state index in [4.69, 9.17) is 4.74 Å². The van der Waals surface area contributed by atoms with Crippen molar-refractivity contribution < 1.29 is 14.9 Å². The molecule has 0 bridgehead atoms. The maximum absolute atomic E-state index is 9.54. The Morgan fingerprint density at radius 1 is 0.826 bits per heavy atom. The molecule has 0 aliphatic carbocycles. The van der Waals surface area contributed by atoms with Gasteiger partial charge in [0.15, 0.2) is 0 Å². The predicted octanol–water partition coefficient (Wildman–Crippen LogP) is 4.61. The lowest BCUT2D eigenvalue weighted by atomic mass is 9.74. The molecule has 0 unspecified atom stereocenters. The molecule has 2 aromatic carbocycles. The van der Waals surface area contributed by atoms with Crippen molar-refractivity contribution in [1.29, 1.82) is 0 Å². The van der Waals surface area contributed by atoms with E-state index in [1.54, 1.807) is 24.3 Å². The average molecular weight is 314 g/mol. The molecule has 2 rings (SSSR count). The smallest absolute Gasteiger partial charge is 0.115 e. The molecule has 0 saturated carbocycles. The lowest BCUT2D eigenvalue weighted by Crippen LogP contribution is -2.25. The summed E-state index contributed by atoms with van der Waals surface area (Å²) in [6, 6.07) is 14.7. The number of rotatable bonds is 8. The molecular formula is C20H26O3. The minimum atomic E-state index is -0.229. The van der Waals surface area contributed by atoms with Crippen molar-refractivity contribution in [3.8, 4) is 11.5 Å².